The largest absolute Gasteiger partial charge is 0.480 e. The van der Waals surface area contributed by atoms with Crippen LogP contribution in [0.3, 0.4) is 0 Å². The third kappa shape index (κ3) is 2.72. The molecule has 0 spiro atoms. The first-order valence-corrected chi connectivity index (χ1v) is 6.74. The fourth-order valence-corrected chi connectivity index (χ4v) is 2.88. The number of carbonyl (C=O) groups excluding carboxylic acids is 2. The monoisotopic (exact) mass is 268 g/mol. The highest BCUT2D eigenvalue weighted by Gasteiger charge is 2.44. The number of likely N-dealkylation sites (tertiary alicyclic amines) is 1. The van der Waals surface area contributed by atoms with Crippen molar-refractivity contribution in [2.75, 3.05) is 13.6 Å². The molecule has 1 aliphatic heterocycles. The normalized spacial score (nSPS) is 26.3. The summed E-state index contributed by atoms with van der Waals surface area (Å²) in [6.45, 7) is 0.553. The average Bonchev–Trinajstić information content (AvgIpc) is 2.82. The standard InChI is InChI=1S/C13H20N2O4/c1-15-7-4-9(8-10(15)16)11(17)14-13(12(18)19)5-2-3-6-13/h9H,2-8H2,1H3,(H,14,17)(H,18,19)/t9-/m1/s1. The Bertz CT molecular complexity index is 401. The van der Waals surface area contributed by atoms with Gasteiger partial charge in [-0.1, -0.05) is 12.8 Å². The summed E-state index contributed by atoms with van der Waals surface area (Å²) in [4.78, 5) is 36.7. The fraction of sp³-hybridized carbons (Fsp3) is 0.769. The van der Waals surface area contributed by atoms with Crippen LogP contribution in [0.5, 0.6) is 0 Å². The van der Waals surface area contributed by atoms with Gasteiger partial charge in [-0.2, -0.15) is 0 Å². The number of piperidine rings is 1. The van der Waals surface area contributed by atoms with Gasteiger partial charge in [0.25, 0.3) is 0 Å². The van der Waals surface area contributed by atoms with Gasteiger partial charge in [0.1, 0.15) is 5.54 Å². The van der Waals surface area contributed by atoms with E-state index in [4.69, 9.17) is 0 Å². The van der Waals surface area contributed by atoms with Crippen molar-refractivity contribution in [2.24, 2.45) is 5.92 Å². The third-order valence-electron chi connectivity index (χ3n) is 4.26. The number of nitrogens with zero attached hydrogens (tertiary/aromatic N) is 1. The Kier molecular flexibility index (Phi) is 3.78. The molecular weight excluding hydrogens is 248 g/mol. The molecule has 6 heteroatoms. The van der Waals surface area contributed by atoms with Crippen molar-refractivity contribution in [1.29, 1.82) is 0 Å². The van der Waals surface area contributed by atoms with Crippen molar-refractivity contribution < 1.29 is 19.5 Å². The molecule has 1 saturated heterocycles. The molecule has 0 aromatic heterocycles. The van der Waals surface area contributed by atoms with E-state index in [-0.39, 0.29) is 24.2 Å². The third-order valence-corrected chi connectivity index (χ3v) is 4.26. The van der Waals surface area contributed by atoms with Crippen molar-refractivity contribution >= 4 is 17.8 Å². The van der Waals surface area contributed by atoms with Gasteiger partial charge in [-0.3, -0.25) is 9.59 Å². The van der Waals surface area contributed by atoms with Crippen LogP contribution in [0.1, 0.15) is 38.5 Å². The number of hydrogen-bond acceptors (Lipinski definition) is 3. The molecule has 0 aromatic rings. The molecule has 2 rings (SSSR count). The topological polar surface area (TPSA) is 86.7 Å². The molecule has 0 unspecified atom stereocenters. The number of hydrogen-bond donors (Lipinski definition) is 2. The summed E-state index contributed by atoms with van der Waals surface area (Å²) in [5.41, 5.74) is -1.11. The summed E-state index contributed by atoms with van der Waals surface area (Å²) < 4.78 is 0. The quantitative estimate of drug-likeness (QED) is 0.774. The van der Waals surface area contributed by atoms with Crippen LogP contribution >= 0.6 is 0 Å². The first-order chi connectivity index (χ1) is 8.94. The van der Waals surface area contributed by atoms with E-state index in [0.29, 0.717) is 25.8 Å². The molecule has 106 valence electrons. The highest BCUT2D eigenvalue weighted by molar-refractivity contribution is 5.91. The van der Waals surface area contributed by atoms with Crippen molar-refractivity contribution in [3.05, 3.63) is 0 Å². The molecule has 1 saturated carbocycles. The van der Waals surface area contributed by atoms with Gasteiger partial charge in [0.2, 0.25) is 11.8 Å². The Morgan fingerprint density at radius 2 is 2.00 bits per heavy atom. The molecule has 2 amide bonds. The SMILES string of the molecule is CN1CC[C@@H](C(=O)NC2(C(=O)O)CCCC2)CC1=O. The molecule has 2 N–H and O–H groups in total. The molecule has 0 radical (unpaired) electrons. The highest BCUT2D eigenvalue weighted by atomic mass is 16.4. The Morgan fingerprint density at radius 3 is 2.53 bits per heavy atom. The Balaban J connectivity index is 2.00. The van der Waals surface area contributed by atoms with E-state index in [1.165, 1.54) is 0 Å². The van der Waals surface area contributed by atoms with Gasteiger partial charge in [0, 0.05) is 25.9 Å². The lowest BCUT2D eigenvalue weighted by molar-refractivity contribution is -0.149. The summed E-state index contributed by atoms with van der Waals surface area (Å²) in [5.74, 6) is -1.69. The second kappa shape index (κ2) is 5.19. The molecule has 19 heavy (non-hydrogen) atoms. The van der Waals surface area contributed by atoms with E-state index in [2.05, 4.69) is 5.32 Å². The summed E-state index contributed by atoms with van der Waals surface area (Å²) in [5, 5.41) is 12.0. The predicted octanol–water partition coefficient (Wildman–Crippen LogP) is 0.368. The van der Waals surface area contributed by atoms with Crippen LogP contribution in [0.15, 0.2) is 0 Å². The van der Waals surface area contributed by atoms with Crippen molar-refractivity contribution in [1.82, 2.24) is 10.2 Å². The number of carboxylic acid groups (broad SMARTS) is 1. The zero-order valence-corrected chi connectivity index (χ0v) is 11.1. The molecule has 1 aliphatic carbocycles. The van der Waals surface area contributed by atoms with Crippen molar-refractivity contribution in [3.63, 3.8) is 0 Å². The number of amides is 2. The lowest BCUT2D eigenvalue weighted by atomic mass is 9.92. The van der Waals surface area contributed by atoms with Gasteiger partial charge in [-0.25, -0.2) is 4.79 Å². The molecular formula is C13H20N2O4. The van der Waals surface area contributed by atoms with E-state index in [0.717, 1.165) is 12.8 Å². The van der Waals surface area contributed by atoms with Crippen molar-refractivity contribution in [3.8, 4) is 0 Å². The summed E-state index contributed by atoms with van der Waals surface area (Å²) in [6, 6.07) is 0. The van der Waals surface area contributed by atoms with Crippen LogP contribution in [0.25, 0.3) is 0 Å². The van der Waals surface area contributed by atoms with E-state index in [1.54, 1.807) is 11.9 Å². The number of carboxylic acids is 1. The van der Waals surface area contributed by atoms with E-state index < -0.39 is 11.5 Å². The molecule has 2 aliphatic rings. The number of carbonyl (C=O) groups is 3. The van der Waals surface area contributed by atoms with Crippen LogP contribution in [0.4, 0.5) is 0 Å². The molecule has 1 heterocycles. The maximum absolute atomic E-state index is 12.2. The van der Waals surface area contributed by atoms with Gasteiger partial charge in [-0.05, 0) is 19.3 Å². The second-order valence-electron chi connectivity index (χ2n) is 5.59. The van der Waals surface area contributed by atoms with Crippen LogP contribution in [0.2, 0.25) is 0 Å². The highest BCUT2D eigenvalue weighted by Crippen LogP contribution is 2.31. The van der Waals surface area contributed by atoms with Gasteiger partial charge >= 0.3 is 5.97 Å². The van der Waals surface area contributed by atoms with Gasteiger partial charge in [-0.15, -0.1) is 0 Å². The van der Waals surface area contributed by atoms with Crippen molar-refractivity contribution in [2.45, 2.75) is 44.1 Å². The Labute approximate surface area is 112 Å². The van der Waals surface area contributed by atoms with Crippen LogP contribution < -0.4 is 5.32 Å². The minimum atomic E-state index is -1.11. The molecule has 1 atom stereocenters. The van der Waals surface area contributed by atoms with Crippen LogP contribution in [0, 0.1) is 5.92 Å². The lowest BCUT2D eigenvalue weighted by Crippen LogP contribution is -2.55. The maximum Gasteiger partial charge on any atom is 0.329 e. The summed E-state index contributed by atoms with van der Waals surface area (Å²) in [7, 11) is 1.71. The smallest absolute Gasteiger partial charge is 0.329 e. The molecule has 2 fully saturated rings. The number of nitrogens with one attached hydrogen (secondary N) is 1. The fourth-order valence-electron chi connectivity index (χ4n) is 2.88. The number of aliphatic carboxylic acids is 1. The molecule has 6 nitrogen and oxygen atoms in total. The maximum atomic E-state index is 12.2. The predicted molar refractivity (Wildman–Crippen MR) is 67.3 cm³/mol. The van der Waals surface area contributed by atoms with Crippen LogP contribution in [-0.4, -0.2) is 46.9 Å². The Morgan fingerprint density at radius 1 is 1.37 bits per heavy atom. The number of rotatable bonds is 3. The Hall–Kier alpha value is -1.59. The van der Waals surface area contributed by atoms with E-state index >= 15 is 0 Å². The second-order valence-corrected chi connectivity index (χ2v) is 5.59. The minimum absolute atomic E-state index is 0.0535. The molecule has 0 aromatic carbocycles. The van der Waals surface area contributed by atoms with Gasteiger partial charge < -0.3 is 15.3 Å². The van der Waals surface area contributed by atoms with Gasteiger partial charge in [0.05, 0.1) is 0 Å². The van der Waals surface area contributed by atoms with E-state index in [9.17, 15) is 19.5 Å². The molecule has 0 bridgehead atoms. The zero-order valence-electron chi connectivity index (χ0n) is 11.1. The first-order valence-electron chi connectivity index (χ1n) is 6.74. The lowest BCUT2D eigenvalue weighted by Gasteiger charge is -2.31. The summed E-state index contributed by atoms with van der Waals surface area (Å²) in [6.07, 6.45) is 3.38. The van der Waals surface area contributed by atoms with Gasteiger partial charge in [0.15, 0.2) is 0 Å². The average molecular weight is 268 g/mol. The minimum Gasteiger partial charge on any atom is -0.480 e. The van der Waals surface area contributed by atoms with E-state index in [1.807, 2.05) is 0 Å². The summed E-state index contributed by atoms with van der Waals surface area (Å²) >= 11 is 0. The van der Waals surface area contributed by atoms with Crippen LogP contribution in [-0.2, 0) is 14.4 Å². The zero-order chi connectivity index (χ0) is 14.0. The first kappa shape index (κ1) is 13.8.